The fourth-order valence-electron chi connectivity index (χ4n) is 2.10. The van der Waals surface area contributed by atoms with E-state index in [-0.39, 0.29) is 5.78 Å². The van der Waals surface area contributed by atoms with Crippen LogP contribution < -0.4 is 10.1 Å². The van der Waals surface area contributed by atoms with Gasteiger partial charge in [-0.25, -0.2) is 0 Å². The topological polar surface area (TPSA) is 43.3 Å². The van der Waals surface area contributed by atoms with Crippen LogP contribution in [0.1, 0.15) is 24.2 Å². The number of nitrogens with one attached hydrogen (secondary N) is 1. The van der Waals surface area contributed by atoms with E-state index < -0.39 is 0 Å². The first kappa shape index (κ1) is 13.6. The number of ether oxygens (including phenoxy) is 1. The van der Waals surface area contributed by atoms with Crippen molar-refractivity contribution in [1.82, 2.24) is 9.88 Å². The highest BCUT2D eigenvalue weighted by Crippen LogP contribution is 2.25. The van der Waals surface area contributed by atoms with Gasteiger partial charge < -0.3 is 14.6 Å². The molecule has 0 unspecified atom stereocenters. The monoisotopic (exact) mass is 260 g/mol. The number of aryl methyl sites for hydroxylation is 1. The lowest BCUT2D eigenvalue weighted by molar-refractivity contribution is 0.0990. The molecule has 2 rings (SSSR count). The van der Waals surface area contributed by atoms with Crippen LogP contribution in [0.15, 0.2) is 24.4 Å². The average molecular weight is 260 g/mol. The van der Waals surface area contributed by atoms with Crippen LogP contribution >= 0.6 is 0 Å². The summed E-state index contributed by atoms with van der Waals surface area (Å²) in [5.41, 5.74) is 1.76. The zero-order chi connectivity index (χ0) is 14.0. The summed E-state index contributed by atoms with van der Waals surface area (Å²) < 4.78 is 7.17. The Morgan fingerprint density at radius 2 is 2.16 bits per heavy atom. The molecule has 4 heteroatoms. The van der Waals surface area contributed by atoms with Crippen molar-refractivity contribution in [2.75, 3.05) is 13.7 Å². The van der Waals surface area contributed by atoms with E-state index in [9.17, 15) is 4.79 Å². The van der Waals surface area contributed by atoms with Gasteiger partial charge in [0.05, 0.1) is 19.2 Å². The van der Waals surface area contributed by atoms with Crippen LogP contribution in [0.5, 0.6) is 5.75 Å². The number of hydrogen-bond donors (Lipinski definition) is 1. The maximum Gasteiger partial charge on any atom is 0.178 e. The van der Waals surface area contributed by atoms with Crippen LogP contribution in [0, 0.1) is 0 Å². The van der Waals surface area contributed by atoms with Gasteiger partial charge in [-0.2, -0.15) is 0 Å². The molecule has 0 amide bonds. The number of methoxy groups -OCH3 is 1. The fourth-order valence-corrected chi connectivity index (χ4v) is 2.10. The van der Waals surface area contributed by atoms with Crippen LogP contribution in [0.25, 0.3) is 10.9 Å². The number of hydrogen-bond acceptors (Lipinski definition) is 3. The van der Waals surface area contributed by atoms with Gasteiger partial charge in [-0.15, -0.1) is 0 Å². The number of carbonyl (C=O) groups excluding carboxylic acids is 1. The number of carbonyl (C=O) groups is 1. The largest absolute Gasteiger partial charge is 0.497 e. The molecular formula is C15H20N2O2. The van der Waals surface area contributed by atoms with Gasteiger partial charge in [0.2, 0.25) is 0 Å². The molecule has 0 bridgehead atoms. The Balaban J connectivity index is 2.36. The van der Waals surface area contributed by atoms with Crippen LogP contribution in [0.2, 0.25) is 0 Å². The summed E-state index contributed by atoms with van der Waals surface area (Å²) in [7, 11) is 3.58. The maximum atomic E-state index is 12.2. The number of benzene rings is 1. The standard InChI is InChI=1S/C15H20N2O2/c1-10(2)16-8-15(18)13-9-17(3)14-7-11(19-4)5-6-12(13)14/h5-7,9-10,16H,8H2,1-4H3. The lowest BCUT2D eigenvalue weighted by atomic mass is 10.1. The molecule has 19 heavy (non-hydrogen) atoms. The Morgan fingerprint density at radius 3 is 2.79 bits per heavy atom. The van der Waals surface area contributed by atoms with Gasteiger partial charge in [0, 0.05) is 36.3 Å². The molecular weight excluding hydrogens is 240 g/mol. The highest BCUT2D eigenvalue weighted by atomic mass is 16.5. The summed E-state index contributed by atoms with van der Waals surface area (Å²) in [6, 6.07) is 6.08. The zero-order valence-electron chi connectivity index (χ0n) is 11.9. The third-order valence-electron chi connectivity index (χ3n) is 3.17. The molecule has 0 fully saturated rings. The van der Waals surface area contributed by atoms with Crippen molar-refractivity contribution >= 4 is 16.7 Å². The number of Topliss-reactive ketones (excluding diaryl/α,β-unsaturated/α-hetero) is 1. The highest BCUT2D eigenvalue weighted by Gasteiger charge is 2.14. The molecule has 2 aromatic rings. The van der Waals surface area contributed by atoms with Crippen molar-refractivity contribution in [3.8, 4) is 5.75 Å². The van der Waals surface area contributed by atoms with Gasteiger partial charge in [0.15, 0.2) is 5.78 Å². The van der Waals surface area contributed by atoms with E-state index in [2.05, 4.69) is 5.32 Å². The van der Waals surface area contributed by atoms with Gasteiger partial charge >= 0.3 is 0 Å². The second-order valence-corrected chi connectivity index (χ2v) is 5.00. The fraction of sp³-hybridized carbons (Fsp3) is 0.400. The van der Waals surface area contributed by atoms with Gasteiger partial charge in [-0.3, -0.25) is 4.79 Å². The Hall–Kier alpha value is -1.81. The van der Waals surface area contributed by atoms with E-state index in [4.69, 9.17) is 4.74 Å². The van der Waals surface area contributed by atoms with E-state index in [1.807, 2.05) is 49.9 Å². The van der Waals surface area contributed by atoms with E-state index in [1.54, 1.807) is 7.11 Å². The van der Waals surface area contributed by atoms with E-state index in [1.165, 1.54) is 0 Å². The third kappa shape index (κ3) is 2.79. The number of rotatable bonds is 5. The molecule has 0 aliphatic rings. The maximum absolute atomic E-state index is 12.2. The molecule has 0 radical (unpaired) electrons. The van der Waals surface area contributed by atoms with E-state index in [0.717, 1.165) is 22.2 Å². The van der Waals surface area contributed by atoms with Gasteiger partial charge in [-0.05, 0) is 12.1 Å². The van der Waals surface area contributed by atoms with Gasteiger partial charge in [0.25, 0.3) is 0 Å². The lowest BCUT2D eigenvalue weighted by Gasteiger charge is -2.06. The Kier molecular flexibility index (Phi) is 3.90. The molecule has 1 heterocycles. The molecule has 0 aliphatic heterocycles. The molecule has 4 nitrogen and oxygen atoms in total. The van der Waals surface area contributed by atoms with Crippen molar-refractivity contribution in [2.45, 2.75) is 19.9 Å². The van der Waals surface area contributed by atoms with Crippen molar-refractivity contribution in [1.29, 1.82) is 0 Å². The minimum Gasteiger partial charge on any atom is -0.497 e. The molecule has 102 valence electrons. The minimum absolute atomic E-state index is 0.115. The van der Waals surface area contributed by atoms with Gasteiger partial charge in [0.1, 0.15) is 5.75 Å². The van der Waals surface area contributed by atoms with Crippen molar-refractivity contribution in [3.63, 3.8) is 0 Å². The van der Waals surface area contributed by atoms with Gasteiger partial charge in [-0.1, -0.05) is 13.8 Å². The number of nitrogens with zero attached hydrogens (tertiary/aromatic N) is 1. The molecule has 0 aliphatic carbocycles. The van der Waals surface area contributed by atoms with Crippen LogP contribution in [0.4, 0.5) is 0 Å². The third-order valence-corrected chi connectivity index (χ3v) is 3.17. The lowest BCUT2D eigenvalue weighted by Crippen LogP contribution is -2.29. The van der Waals surface area contributed by atoms with Crippen molar-refractivity contribution in [2.24, 2.45) is 7.05 Å². The normalized spacial score (nSPS) is 11.2. The molecule has 0 saturated heterocycles. The van der Waals surface area contributed by atoms with Crippen molar-refractivity contribution in [3.05, 3.63) is 30.0 Å². The number of ketones is 1. The molecule has 1 N–H and O–H groups in total. The quantitative estimate of drug-likeness (QED) is 0.839. The second-order valence-electron chi connectivity index (χ2n) is 5.00. The number of fused-ring (bicyclic) bond motifs is 1. The SMILES string of the molecule is COc1ccc2c(C(=O)CNC(C)C)cn(C)c2c1. The summed E-state index contributed by atoms with van der Waals surface area (Å²) in [5.74, 6) is 0.914. The van der Waals surface area contributed by atoms with E-state index >= 15 is 0 Å². The first-order valence-corrected chi connectivity index (χ1v) is 6.42. The van der Waals surface area contributed by atoms with Crippen LogP contribution in [-0.4, -0.2) is 30.0 Å². The summed E-state index contributed by atoms with van der Waals surface area (Å²) in [6.45, 7) is 4.42. The van der Waals surface area contributed by atoms with E-state index in [0.29, 0.717) is 12.6 Å². The predicted molar refractivity (Wildman–Crippen MR) is 76.9 cm³/mol. The smallest absolute Gasteiger partial charge is 0.178 e. The van der Waals surface area contributed by atoms with Crippen LogP contribution in [-0.2, 0) is 7.05 Å². The molecule has 0 saturated carbocycles. The predicted octanol–water partition coefficient (Wildman–Crippen LogP) is 2.37. The summed E-state index contributed by atoms with van der Waals surface area (Å²) in [4.78, 5) is 12.2. The summed E-state index contributed by atoms with van der Waals surface area (Å²) in [6.07, 6.45) is 1.88. The summed E-state index contributed by atoms with van der Waals surface area (Å²) in [5, 5.41) is 4.13. The zero-order valence-corrected chi connectivity index (χ0v) is 11.9. The molecule has 1 aromatic carbocycles. The Labute approximate surface area is 113 Å². The summed E-state index contributed by atoms with van der Waals surface area (Å²) >= 11 is 0. The highest BCUT2D eigenvalue weighted by molar-refractivity contribution is 6.09. The van der Waals surface area contributed by atoms with Crippen molar-refractivity contribution < 1.29 is 9.53 Å². The molecule has 0 atom stereocenters. The Bertz CT molecular complexity index is 599. The average Bonchev–Trinajstić information content (AvgIpc) is 2.73. The van der Waals surface area contributed by atoms with Crippen LogP contribution in [0.3, 0.4) is 0 Å². The first-order chi connectivity index (χ1) is 9.02. The second kappa shape index (κ2) is 5.45. The molecule has 1 aromatic heterocycles. The number of aromatic nitrogens is 1. The minimum atomic E-state index is 0.115. The Morgan fingerprint density at radius 1 is 1.42 bits per heavy atom. The molecule has 0 spiro atoms. The first-order valence-electron chi connectivity index (χ1n) is 6.42.